The van der Waals surface area contributed by atoms with Crippen molar-refractivity contribution in [3.63, 3.8) is 0 Å². The van der Waals surface area contributed by atoms with Crippen molar-refractivity contribution in [3.8, 4) is 0 Å². The van der Waals surface area contributed by atoms with Crippen molar-refractivity contribution in [2.75, 3.05) is 11.9 Å². The SMILES string of the molecule is Cc1cc2ccccc2nc1NCCCC(=O)O. The van der Waals surface area contributed by atoms with Gasteiger partial charge in [-0.1, -0.05) is 18.2 Å². The molecule has 0 spiro atoms. The number of rotatable bonds is 5. The number of carboxylic acid groups (broad SMARTS) is 1. The number of aliphatic carboxylic acids is 1. The van der Waals surface area contributed by atoms with Crippen molar-refractivity contribution < 1.29 is 9.90 Å². The standard InChI is InChI=1S/C14H16N2O2/c1-10-9-11-5-2-3-6-12(11)16-14(10)15-8-4-7-13(17)18/h2-3,5-6,9H,4,7-8H2,1H3,(H,15,16)(H,17,18). The summed E-state index contributed by atoms with van der Waals surface area (Å²) >= 11 is 0. The van der Waals surface area contributed by atoms with Crippen LogP contribution in [0, 0.1) is 6.92 Å². The third-order valence-corrected chi connectivity index (χ3v) is 2.77. The lowest BCUT2D eigenvalue weighted by molar-refractivity contribution is -0.137. The smallest absolute Gasteiger partial charge is 0.303 e. The zero-order valence-electron chi connectivity index (χ0n) is 10.3. The second-order valence-corrected chi connectivity index (χ2v) is 4.27. The summed E-state index contributed by atoms with van der Waals surface area (Å²) in [6.07, 6.45) is 0.781. The number of para-hydroxylation sites is 1. The Morgan fingerprint density at radius 1 is 1.39 bits per heavy atom. The van der Waals surface area contributed by atoms with E-state index >= 15 is 0 Å². The lowest BCUT2D eigenvalue weighted by atomic mass is 10.1. The minimum atomic E-state index is -0.764. The number of fused-ring (bicyclic) bond motifs is 1. The van der Waals surface area contributed by atoms with Crippen LogP contribution in [0.4, 0.5) is 5.82 Å². The van der Waals surface area contributed by atoms with E-state index in [0.29, 0.717) is 13.0 Å². The van der Waals surface area contributed by atoms with Gasteiger partial charge in [0, 0.05) is 18.4 Å². The molecule has 1 aromatic heterocycles. The van der Waals surface area contributed by atoms with Crippen LogP contribution in [-0.2, 0) is 4.79 Å². The van der Waals surface area contributed by atoms with Crippen molar-refractivity contribution in [2.45, 2.75) is 19.8 Å². The quantitative estimate of drug-likeness (QED) is 0.794. The molecule has 2 N–H and O–H groups in total. The monoisotopic (exact) mass is 244 g/mol. The molecule has 94 valence electrons. The van der Waals surface area contributed by atoms with Gasteiger partial charge in [-0.05, 0) is 31.0 Å². The normalized spacial score (nSPS) is 10.5. The average molecular weight is 244 g/mol. The molecule has 0 radical (unpaired) electrons. The van der Waals surface area contributed by atoms with E-state index in [1.165, 1.54) is 0 Å². The number of nitrogens with zero attached hydrogens (tertiary/aromatic N) is 1. The highest BCUT2D eigenvalue weighted by Gasteiger charge is 2.03. The maximum Gasteiger partial charge on any atom is 0.303 e. The van der Waals surface area contributed by atoms with Gasteiger partial charge in [0.15, 0.2) is 0 Å². The van der Waals surface area contributed by atoms with Crippen molar-refractivity contribution in [3.05, 3.63) is 35.9 Å². The molecular formula is C14H16N2O2. The van der Waals surface area contributed by atoms with E-state index in [9.17, 15) is 4.79 Å². The van der Waals surface area contributed by atoms with E-state index in [1.807, 2.05) is 31.2 Å². The first-order valence-electron chi connectivity index (χ1n) is 5.99. The molecule has 2 aromatic rings. The third-order valence-electron chi connectivity index (χ3n) is 2.77. The first-order valence-corrected chi connectivity index (χ1v) is 5.99. The van der Waals surface area contributed by atoms with Crippen molar-refractivity contribution >= 4 is 22.7 Å². The number of hydrogen-bond acceptors (Lipinski definition) is 3. The number of carbonyl (C=O) groups is 1. The molecule has 4 nitrogen and oxygen atoms in total. The fraction of sp³-hybridized carbons (Fsp3) is 0.286. The second kappa shape index (κ2) is 5.49. The third kappa shape index (κ3) is 2.97. The van der Waals surface area contributed by atoms with Gasteiger partial charge in [0.05, 0.1) is 5.52 Å². The van der Waals surface area contributed by atoms with Gasteiger partial charge in [0.2, 0.25) is 0 Å². The molecule has 1 heterocycles. The van der Waals surface area contributed by atoms with Crippen LogP contribution in [0.1, 0.15) is 18.4 Å². The van der Waals surface area contributed by atoms with Crippen molar-refractivity contribution in [2.24, 2.45) is 0 Å². The summed E-state index contributed by atoms with van der Waals surface area (Å²) in [6, 6.07) is 10.0. The summed E-state index contributed by atoms with van der Waals surface area (Å²) in [5.74, 6) is 0.0686. The van der Waals surface area contributed by atoms with E-state index in [1.54, 1.807) is 0 Å². The fourth-order valence-electron chi connectivity index (χ4n) is 1.85. The van der Waals surface area contributed by atoms with Gasteiger partial charge < -0.3 is 10.4 Å². The van der Waals surface area contributed by atoms with Crippen LogP contribution in [0.5, 0.6) is 0 Å². The van der Waals surface area contributed by atoms with Crippen LogP contribution < -0.4 is 5.32 Å². The van der Waals surface area contributed by atoms with Gasteiger partial charge in [-0.3, -0.25) is 4.79 Å². The Morgan fingerprint density at radius 2 is 2.17 bits per heavy atom. The fourth-order valence-corrected chi connectivity index (χ4v) is 1.85. The Kier molecular flexibility index (Phi) is 3.77. The molecule has 4 heteroatoms. The molecule has 0 saturated heterocycles. The highest BCUT2D eigenvalue weighted by atomic mass is 16.4. The van der Waals surface area contributed by atoms with Crippen LogP contribution in [-0.4, -0.2) is 22.6 Å². The number of hydrogen-bond donors (Lipinski definition) is 2. The highest BCUT2D eigenvalue weighted by Crippen LogP contribution is 2.19. The average Bonchev–Trinajstić information content (AvgIpc) is 2.34. The second-order valence-electron chi connectivity index (χ2n) is 4.27. The summed E-state index contributed by atoms with van der Waals surface area (Å²) < 4.78 is 0. The highest BCUT2D eigenvalue weighted by molar-refractivity contribution is 5.81. The zero-order valence-corrected chi connectivity index (χ0v) is 10.3. The van der Waals surface area contributed by atoms with Gasteiger partial charge in [0.1, 0.15) is 5.82 Å². The maximum atomic E-state index is 10.4. The molecule has 0 aliphatic heterocycles. The number of carboxylic acids is 1. The minimum Gasteiger partial charge on any atom is -0.481 e. The topological polar surface area (TPSA) is 62.2 Å². The van der Waals surface area contributed by atoms with Gasteiger partial charge in [-0.25, -0.2) is 4.98 Å². The number of aryl methyl sites for hydroxylation is 1. The predicted octanol–water partition coefficient (Wildman–Crippen LogP) is 2.82. The molecule has 0 bridgehead atoms. The van der Waals surface area contributed by atoms with E-state index in [4.69, 9.17) is 5.11 Å². The van der Waals surface area contributed by atoms with Gasteiger partial charge >= 0.3 is 5.97 Å². The van der Waals surface area contributed by atoms with Gasteiger partial charge in [-0.15, -0.1) is 0 Å². The van der Waals surface area contributed by atoms with E-state index in [2.05, 4.69) is 16.4 Å². The Balaban J connectivity index is 2.08. The molecule has 1 aromatic carbocycles. The lowest BCUT2D eigenvalue weighted by Gasteiger charge is -2.09. The maximum absolute atomic E-state index is 10.4. The molecule has 0 fully saturated rings. The Bertz CT molecular complexity index is 567. The Labute approximate surface area is 106 Å². The molecule has 18 heavy (non-hydrogen) atoms. The molecule has 0 saturated carbocycles. The molecule has 0 amide bonds. The molecule has 2 rings (SSSR count). The van der Waals surface area contributed by atoms with Crippen LogP contribution in [0.3, 0.4) is 0 Å². The van der Waals surface area contributed by atoms with E-state index < -0.39 is 5.97 Å². The number of nitrogens with one attached hydrogen (secondary N) is 1. The summed E-state index contributed by atoms with van der Waals surface area (Å²) in [7, 11) is 0. The summed E-state index contributed by atoms with van der Waals surface area (Å²) in [6.45, 7) is 2.62. The predicted molar refractivity (Wildman–Crippen MR) is 71.8 cm³/mol. The Hall–Kier alpha value is -2.10. The van der Waals surface area contributed by atoms with Crippen LogP contribution in [0.25, 0.3) is 10.9 Å². The molecule has 0 unspecified atom stereocenters. The number of pyridine rings is 1. The largest absolute Gasteiger partial charge is 0.481 e. The number of benzene rings is 1. The van der Waals surface area contributed by atoms with E-state index in [0.717, 1.165) is 22.3 Å². The minimum absolute atomic E-state index is 0.180. The zero-order chi connectivity index (χ0) is 13.0. The molecule has 0 aliphatic carbocycles. The molecule has 0 atom stereocenters. The van der Waals surface area contributed by atoms with Crippen LogP contribution >= 0.6 is 0 Å². The van der Waals surface area contributed by atoms with Gasteiger partial charge in [0.25, 0.3) is 0 Å². The van der Waals surface area contributed by atoms with Crippen LogP contribution in [0.15, 0.2) is 30.3 Å². The van der Waals surface area contributed by atoms with Crippen LogP contribution in [0.2, 0.25) is 0 Å². The lowest BCUT2D eigenvalue weighted by Crippen LogP contribution is -2.07. The number of anilines is 1. The molecular weight excluding hydrogens is 228 g/mol. The summed E-state index contributed by atoms with van der Waals surface area (Å²) in [5, 5.41) is 12.9. The van der Waals surface area contributed by atoms with Gasteiger partial charge in [-0.2, -0.15) is 0 Å². The summed E-state index contributed by atoms with van der Waals surface area (Å²) in [4.78, 5) is 14.9. The van der Waals surface area contributed by atoms with Crippen molar-refractivity contribution in [1.82, 2.24) is 4.98 Å². The first-order chi connectivity index (χ1) is 8.66. The molecule has 0 aliphatic rings. The first kappa shape index (κ1) is 12.4. The summed E-state index contributed by atoms with van der Waals surface area (Å²) in [5.41, 5.74) is 2.02. The number of aromatic nitrogens is 1. The Morgan fingerprint density at radius 3 is 2.94 bits per heavy atom. The van der Waals surface area contributed by atoms with E-state index in [-0.39, 0.29) is 6.42 Å². The van der Waals surface area contributed by atoms with Crippen molar-refractivity contribution in [1.29, 1.82) is 0 Å².